The standard InChI is InChI=1S/C28H28N2O5/c1-16-9-10-22(33-2)21(13-16)29-27(31)25-18-7-5-6-8-19(18)28(32)30-12-11-17-14-23(34-3)24(35-4)15-20(17)26(25)30/h5-10,13-15,25-26H,11-12H2,1-4H3,(H,29,31)/t25-,26+/m1/s1. The van der Waals surface area contributed by atoms with E-state index in [-0.39, 0.29) is 11.8 Å². The van der Waals surface area contributed by atoms with Gasteiger partial charge in [-0.15, -0.1) is 0 Å². The molecule has 2 atom stereocenters. The number of carbonyl (C=O) groups excluding carboxylic acids is 2. The monoisotopic (exact) mass is 472 g/mol. The van der Waals surface area contributed by atoms with Gasteiger partial charge in [-0.1, -0.05) is 24.3 Å². The Morgan fingerprint density at radius 2 is 1.63 bits per heavy atom. The predicted octanol–water partition coefficient (Wildman–Crippen LogP) is 4.50. The first-order chi connectivity index (χ1) is 17.0. The van der Waals surface area contributed by atoms with Crippen LogP contribution in [0.4, 0.5) is 5.69 Å². The van der Waals surface area contributed by atoms with Crippen LogP contribution in [0.5, 0.6) is 17.2 Å². The second-order valence-electron chi connectivity index (χ2n) is 8.86. The first kappa shape index (κ1) is 22.8. The molecule has 0 aliphatic carbocycles. The lowest BCUT2D eigenvalue weighted by atomic mass is 9.75. The molecule has 1 N–H and O–H groups in total. The molecule has 5 rings (SSSR count). The molecule has 0 spiro atoms. The van der Waals surface area contributed by atoms with Crippen LogP contribution >= 0.6 is 0 Å². The molecule has 0 bridgehead atoms. The molecule has 0 unspecified atom stereocenters. The topological polar surface area (TPSA) is 77.1 Å². The summed E-state index contributed by atoms with van der Waals surface area (Å²) >= 11 is 0. The van der Waals surface area contributed by atoms with Crippen LogP contribution in [0, 0.1) is 6.92 Å². The summed E-state index contributed by atoms with van der Waals surface area (Å²) in [4.78, 5) is 29.3. The molecule has 2 amide bonds. The lowest BCUT2D eigenvalue weighted by Crippen LogP contribution is -2.49. The second kappa shape index (κ2) is 8.98. The molecule has 2 aliphatic rings. The van der Waals surface area contributed by atoms with Gasteiger partial charge in [-0.3, -0.25) is 9.59 Å². The van der Waals surface area contributed by atoms with Crippen LogP contribution in [-0.2, 0) is 11.2 Å². The van der Waals surface area contributed by atoms with Crippen molar-refractivity contribution in [3.8, 4) is 17.2 Å². The van der Waals surface area contributed by atoms with Crippen LogP contribution in [0.15, 0.2) is 54.6 Å². The highest BCUT2D eigenvalue weighted by Gasteiger charge is 2.46. The van der Waals surface area contributed by atoms with Gasteiger partial charge in [0.1, 0.15) is 5.75 Å². The van der Waals surface area contributed by atoms with Gasteiger partial charge in [0.15, 0.2) is 11.5 Å². The fourth-order valence-corrected chi connectivity index (χ4v) is 5.27. The van der Waals surface area contributed by atoms with Crippen LogP contribution in [0.1, 0.15) is 44.6 Å². The predicted molar refractivity (Wildman–Crippen MR) is 133 cm³/mol. The van der Waals surface area contributed by atoms with E-state index in [1.165, 1.54) is 0 Å². The molecule has 180 valence electrons. The van der Waals surface area contributed by atoms with Crippen LogP contribution in [0.2, 0.25) is 0 Å². The Hall–Kier alpha value is -4.00. The van der Waals surface area contributed by atoms with E-state index in [0.29, 0.717) is 47.0 Å². The molecule has 0 fully saturated rings. The Balaban J connectivity index is 1.66. The third-order valence-electron chi connectivity index (χ3n) is 6.92. The summed E-state index contributed by atoms with van der Waals surface area (Å²) in [6.45, 7) is 2.47. The van der Waals surface area contributed by atoms with Crippen molar-refractivity contribution >= 4 is 17.5 Å². The van der Waals surface area contributed by atoms with Crippen molar-refractivity contribution in [2.45, 2.75) is 25.3 Å². The number of nitrogens with one attached hydrogen (secondary N) is 1. The van der Waals surface area contributed by atoms with Gasteiger partial charge in [0.25, 0.3) is 5.91 Å². The zero-order chi connectivity index (χ0) is 24.7. The second-order valence-corrected chi connectivity index (χ2v) is 8.86. The minimum absolute atomic E-state index is 0.0665. The Kier molecular flexibility index (Phi) is 5.84. The molecule has 7 heteroatoms. The summed E-state index contributed by atoms with van der Waals surface area (Å²) in [6, 6.07) is 16.4. The quantitative estimate of drug-likeness (QED) is 0.592. The number of hydrogen-bond acceptors (Lipinski definition) is 5. The fourth-order valence-electron chi connectivity index (χ4n) is 5.27. The molecule has 0 radical (unpaired) electrons. The number of carbonyl (C=O) groups is 2. The van der Waals surface area contributed by atoms with E-state index >= 15 is 0 Å². The number of ether oxygens (including phenoxy) is 3. The van der Waals surface area contributed by atoms with Gasteiger partial charge in [0.2, 0.25) is 5.91 Å². The zero-order valence-corrected chi connectivity index (χ0v) is 20.3. The van der Waals surface area contributed by atoms with Crippen molar-refractivity contribution < 1.29 is 23.8 Å². The van der Waals surface area contributed by atoms with E-state index in [0.717, 1.165) is 16.7 Å². The van der Waals surface area contributed by atoms with Crippen LogP contribution < -0.4 is 19.5 Å². The maximum Gasteiger partial charge on any atom is 0.254 e. The summed E-state index contributed by atoms with van der Waals surface area (Å²) in [5.74, 6) is 0.893. The van der Waals surface area contributed by atoms with E-state index in [9.17, 15) is 9.59 Å². The van der Waals surface area contributed by atoms with E-state index in [1.54, 1.807) is 27.4 Å². The lowest BCUT2D eigenvalue weighted by Gasteiger charge is -2.45. The smallest absolute Gasteiger partial charge is 0.254 e. The number of hydrogen-bond donors (Lipinski definition) is 1. The zero-order valence-electron chi connectivity index (χ0n) is 20.3. The minimum atomic E-state index is -0.619. The first-order valence-electron chi connectivity index (χ1n) is 11.6. The van der Waals surface area contributed by atoms with Gasteiger partial charge < -0.3 is 24.4 Å². The van der Waals surface area contributed by atoms with Crippen molar-refractivity contribution in [3.63, 3.8) is 0 Å². The third kappa shape index (κ3) is 3.77. The molecular formula is C28H28N2O5. The van der Waals surface area contributed by atoms with Crippen molar-refractivity contribution in [1.29, 1.82) is 0 Å². The number of amides is 2. The van der Waals surface area contributed by atoms with E-state index in [2.05, 4.69) is 5.32 Å². The summed E-state index contributed by atoms with van der Waals surface area (Å²) in [6.07, 6.45) is 0.667. The van der Waals surface area contributed by atoms with Gasteiger partial charge in [0.05, 0.1) is 39.0 Å². The molecule has 7 nitrogen and oxygen atoms in total. The lowest BCUT2D eigenvalue weighted by molar-refractivity contribution is -0.119. The number of nitrogens with zero attached hydrogens (tertiary/aromatic N) is 1. The minimum Gasteiger partial charge on any atom is -0.495 e. The Morgan fingerprint density at radius 3 is 2.37 bits per heavy atom. The maximum absolute atomic E-state index is 14.0. The van der Waals surface area contributed by atoms with Crippen molar-refractivity contribution in [2.24, 2.45) is 0 Å². The number of benzene rings is 3. The molecule has 3 aromatic rings. The SMILES string of the molecule is COc1ccc(C)cc1NC(=O)[C@@H]1c2ccccc2C(=O)N2CCc3cc(OC)c(OC)cc3[C@@H]12. The van der Waals surface area contributed by atoms with E-state index < -0.39 is 12.0 Å². The fraction of sp³-hybridized carbons (Fsp3) is 0.286. The van der Waals surface area contributed by atoms with Crippen LogP contribution in [0.25, 0.3) is 0 Å². The molecule has 2 aliphatic heterocycles. The normalized spacial score (nSPS) is 18.2. The van der Waals surface area contributed by atoms with Crippen molar-refractivity contribution in [3.05, 3.63) is 82.4 Å². The maximum atomic E-state index is 14.0. The van der Waals surface area contributed by atoms with Crippen molar-refractivity contribution in [2.75, 3.05) is 33.2 Å². The van der Waals surface area contributed by atoms with Gasteiger partial charge in [-0.05, 0) is 65.9 Å². The summed E-state index contributed by atoms with van der Waals surface area (Å²) in [7, 11) is 4.76. The number of anilines is 1. The number of methoxy groups -OCH3 is 3. The largest absolute Gasteiger partial charge is 0.495 e. The molecule has 3 aromatic carbocycles. The molecule has 2 heterocycles. The molecule has 35 heavy (non-hydrogen) atoms. The summed E-state index contributed by atoms with van der Waals surface area (Å²) in [5, 5.41) is 3.08. The number of rotatable bonds is 5. The van der Waals surface area contributed by atoms with E-state index in [1.807, 2.05) is 60.4 Å². The summed E-state index contributed by atoms with van der Waals surface area (Å²) < 4.78 is 16.6. The third-order valence-corrected chi connectivity index (χ3v) is 6.92. The highest BCUT2D eigenvalue weighted by atomic mass is 16.5. The average Bonchev–Trinajstić information content (AvgIpc) is 2.88. The summed E-state index contributed by atoms with van der Waals surface area (Å²) in [5.41, 5.74) is 4.81. The van der Waals surface area contributed by atoms with Crippen LogP contribution in [-0.4, -0.2) is 44.6 Å². The van der Waals surface area contributed by atoms with Gasteiger partial charge >= 0.3 is 0 Å². The molecule has 0 aromatic heterocycles. The van der Waals surface area contributed by atoms with Crippen LogP contribution in [0.3, 0.4) is 0 Å². The molecular weight excluding hydrogens is 444 g/mol. The van der Waals surface area contributed by atoms with Gasteiger partial charge in [-0.2, -0.15) is 0 Å². The average molecular weight is 473 g/mol. The number of aryl methyl sites for hydroxylation is 1. The Labute approximate surface area is 204 Å². The Bertz CT molecular complexity index is 1320. The molecule has 0 saturated carbocycles. The van der Waals surface area contributed by atoms with Gasteiger partial charge in [-0.25, -0.2) is 0 Å². The Morgan fingerprint density at radius 1 is 0.914 bits per heavy atom. The first-order valence-corrected chi connectivity index (χ1v) is 11.6. The molecule has 0 saturated heterocycles. The highest BCUT2D eigenvalue weighted by Crippen LogP contribution is 2.48. The van der Waals surface area contributed by atoms with E-state index in [4.69, 9.17) is 14.2 Å². The van der Waals surface area contributed by atoms with Crippen molar-refractivity contribution in [1.82, 2.24) is 4.90 Å². The highest BCUT2D eigenvalue weighted by molar-refractivity contribution is 6.05. The number of fused-ring (bicyclic) bond motifs is 4. The van der Waals surface area contributed by atoms with Gasteiger partial charge in [0, 0.05) is 12.1 Å².